The Morgan fingerprint density at radius 3 is 2.67 bits per heavy atom. The predicted molar refractivity (Wildman–Crippen MR) is 61.5 cm³/mol. The Morgan fingerprint density at radius 1 is 1.39 bits per heavy atom. The molecule has 1 rings (SSSR count). The highest BCUT2D eigenvalue weighted by atomic mass is 19.3. The number of benzene rings is 1. The number of phenolic OH excluding ortho intramolecular Hbond substituents is 1. The van der Waals surface area contributed by atoms with Crippen LogP contribution in [0, 0.1) is 0 Å². The van der Waals surface area contributed by atoms with Gasteiger partial charge in [0.1, 0.15) is 5.75 Å². The molecule has 0 bridgehead atoms. The molecule has 0 fully saturated rings. The van der Waals surface area contributed by atoms with Gasteiger partial charge >= 0.3 is 0 Å². The van der Waals surface area contributed by atoms with Gasteiger partial charge in [-0.1, -0.05) is 12.1 Å². The first-order valence-electron chi connectivity index (χ1n) is 5.47. The number of nitrogens with zero attached hydrogens (tertiary/aromatic N) is 1. The number of hydrogen-bond donors (Lipinski definition) is 2. The van der Waals surface area contributed by atoms with Gasteiger partial charge in [0, 0.05) is 6.54 Å². The molecule has 0 radical (unpaired) electrons. The Hall–Kier alpha value is -1.69. The number of aliphatic hydroxyl groups excluding tert-OH is 1. The van der Waals surface area contributed by atoms with Crippen molar-refractivity contribution >= 4 is 5.91 Å². The lowest BCUT2D eigenvalue weighted by Gasteiger charge is -2.21. The smallest absolute Gasteiger partial charge is 0.255 e. The Balaban J connectivity index is 2.66. The number of carbonyl (C=O) groups excluding carboxylic acids is 1. The molecule has 0 aliphatic rings. The lowest BCUT2D eigenvalue weighted by molar-refractivity contribution is -0.133. The van der Waals surface area contributed by atoms with Gasteiger partial charge in [-0.3, -0.25) is 4.79 Å². The summed E-state index contributed by atoms with van der Waals surface area (Å²) in [6.45, 7) is -1.18. The molecular weight excluding hydrogens is 244 g/mol. The summed E-state index contributed by atoms with van der Waals surface area (Å²) in [5.74, 6) is -0.488. The molecule has 0 atom stereocenters. The first-order valence-corrected chi connectivity index (χ1v) is 5.47. The molecule has 1 aromatic carbocycles. The third-order valence-corrected chi connectivity index (χ3v) is 2.35. The minimum absolute atomic E-state index is 0.0165. The number of hydrogen-bond acceptors (Lipinski definition) is 3. The van der Waals surface area contributed by atoms with E-state index in [1.807, 2.05) is 0 Å². The fraction of sp³-hybridized carbons (Fsp3) is 0.417. The second-order valence-electron chi connectivity index (χ2n) is 3.80. The van der Waals surface area contributed by atoms with Crippen LogP contribution in [0.1, 0.15) is 5.56 Å². The molecule has 0 saturated heterocycles. The summed E-state index contributed by atoms with van der Waals surface area (Å²) in [4.78, 5) is 12.7. The van der Waals surface area contributed by atoms with E-state index in [0.717, 1.165) is 4.90 Å². The maximum atomic E-state index is 12.3. The van der Waals surface area contributed by atoms with Crippen molar-refractivity contribution < 1.29 is 23.8 Å². The number of halogens is 2. The fourth-order valence-electron chi connectivity index (χ4n) is 1.56. The molecule has 0 saturated carbocycles. The molecule has 100 valence electrons. The highest BCUT2D eigenvalue weighted by molar-refractivity contribution is 5.78. The van der Waals surface area contributed by atoms with Gasteiger partial charge in [-0.15, -0.1) is 0 Å². The van der Waals surface area contributed by atoms with Gasteiger partial charge < -0.3 is 15.1 Å². The minimum atomic E-state index is -2.63. The summed E-state index contributed by atoms with van der Waals surface area (Å²) in [6.07, 6.45) is -2.72. The lowest BCUT2D eigenvalue weighted by Crippen LogP contribution is -2.38. The highest BCUT2D eigenvalue weighted by Crippen LogP contribution is 2.12. The summed E-state index contributed by atoms with van der Waals surface area (Å²) >= 11 is 0. The Bertz CT molecular complexity index is 399. The van der Waals surface area contributed by atoms with E-state index < -0.39 is 18.9 Å². The van der Waals surface area contributed by atoms with E-state index in [-0.39, 0.29) is 25.3 Å². The van der Waals surface area contributed by atoms with Gasteiger partial charge in [0.15, 0.2) is 0 Å². The topological polar surface area (TPSA) is 60.8 Å². The first kappa shape index (κ1) is 14.4. The second-order valence-corrected chi connectivity index (χ2v) is 3.80. The fourth-order valence-corrected chi connectivity index (χ4v) is 1.56. The zero-order chi connectivity index (χ0) is 13.5. The molecule has 0 heterocycles. The van der Waals surface area contributed by atoms with E-state index in [2.05, 4.69) is 0 Å². The van der Waals surface area contributed by atoms with Crippen molar-refractivity contribution in [3.05, 3.63) is 29.8 Å². The summed E-state index contributed by atoms with van der Waals surface area (Å²) in [5, 5.41) is 18.0. The number of carbonyl (C=O) groups is 1. The normalized spacial score (nSPS) is 10.7. The van der Waals surface area contributed by atoms with Crippen molar-refractivity contribution in [1.29, 1.82) is 0 Å². The zero-order valence-corrected chi connectivity index (χ0v) is 9.72. The summed E-state index contributed by atoms with van der Waals surface area (Å²) in [6, 6.07) is 6.05. The van der Waals surface area contributed by atoms with Crippen LogP contribution in [-0.4, -0.2) is 47.1 Å². The SMILES string of the molecule is O=C(Cc1cccc(O)c1)N(CCO)CC(F)F. The van der Waals surface area contributed by atoms with Crippen molar-refractivity contribution in [1.82, 2.24) is 4.90 Å². The predicted octanol–water partition coefficient (Wildman–Crippen LogP) is 1.02. The van der Waals surface area contributed by atoms with Crippen molar-refractivity contribution in [2.75, 3.05) is 19.7 Å². The summed E-state index contributed by atoms with van der Waals surface area (Å²) in [7, 11) is 0. The van der Waals surface area contributed by atoms with E-state index in [0.29, 0.717) is 5.56 Å². The first-order chi connectivity index (χ1) is 8.52. The molecule has 0 spiro atoms. The second kappa shape index (κ2) is 6.90. The van der Waals surface area contributed by atoms with Crippen LogP contribution in [0.3, 0.4) is 0 Å². The van der Waals surface area contributed by atoms with E-state index >= 15 is 0 Å². The van der Waals surface area contributed by atoms with E-state index in [1.54, 1.807) is 12.1 Å². The maximum absolute atomic E-state index is 12.3. The van der Waals surface area contributed by atoms with Crippen LogP contribution >= 0.6 is 0 Å². The van der Waals surface area contributed by atoms with Gasteiger partial charge in [0.05, 0.1) is 19.6 Å². The van der Waals surface area contributed by atoms with Gasteiger partial charge in [-0.2, -0.15) is 0 Å². The van der Waals surface area contributed by atoms with Gasteiger partial charge in [0.25, 0.3) is 6.43 Å². The minimum Gasteiger partial charge on any atom is -0.508 e. The Kier molecular flexibility index (Phi) is 5.51. The summed E-state index contributed by atoms with van der Waals surface area (Å²) < 4.78 is 24.5. The quantitative estimate of drug-likeness (QED) is 0.802. The Labute approximate surface area is 103 Å². The molecule has 18 heavy (non-hydrogen) atoms. The van der Waals surface area contributed by atoms with Crippen molar-refractivity contribution in [3.8, 4) is 5.75 Å². The molecule has 6 heteroatoms. The number of amides is 1. The van der Waals surface area contributed by atoms with Crippen LogP contribution in [0.2, 0.25) is 0 Å². The third-order valence-electron chi connectivity index (χ3n) is 2.35. The van der Waals surface area contributed by atoms with Crippen LogP contribution in [-0.2, 0) is 11.2 Å². The molecule has 1 amide bonds. The summed E-state index contributed by atoms with van der Waals surface area (Å²) in [5.41, 5.74) is 0.539. The molecule has 4 nitrogen and oxygen atoms in total. The zero-order valence-electron chi connectivity index (χ0n) is 9.72. The number of aromatic hydroxyl groups is 1. The molecule has 1 aromatic rings. The number of phenols is 1. The van der Waals surface area contributed by atoms with Crippen LogP contribution in [0.4, 0.5) is 8.78 Å². The number of rotatable bonds is 6. The Morgan fingerprint density at radius 2 is 2.11 bits per heavy atom. The average Bonchev–Trinajstić information content (AvgIpc) is 2.27. The highest BCUT2D eigenvalue weighted by Gasteiger charge is 2.17. The van der Waals surface area contributed by atoms with E-state index in [4.69, 9.17) is 5.11 Å². The lowest BCUT2D eigenvalue weighted by atomic mass is 10.1. The molecule has 0 aromatic heterocycles. The molecule has 0 aliphatic carbocycles. The van der Waals surface area contributed by atoms with Crippen LogP contribution in [0.15, 0.2) is 24.3 Å². The van der Waals surface area contributed by atoms with Gasteiger partial charge in [-0.05, 0) is 17.7 Å². The van der Waals surface area contributed by atoms with Crippen molar-refractivity contribution in [3.63, 3.8) is 0 Å². The molecular formula is C12H15F2NO3. The standard InChI is InChI=1S/C12H15F2NO3/c13-11(14)8-15(4-5-16)12(18)7-9-2-1-3-10(17)6-9/h1-3,6,11,16-17H,4-5,7-8H2. The largest absolute Gasteiger partial charge is 0.508 e. The van der Waals surface area contributed by atoms with Crippen molar-refractivity contribution in [2.24, 2.45) is 0 Å². The van der Waals surface area contributed by atoms with Crippen LogP contribution < -0.4 is 0 Å². The molecule has 0 unspecified atom stereocenters. The van der Waals surface area contributed by atoms with Crippen LogP contribution in [0.5, 0.6) is 5.75 Å². The third kappa shape index (κ3) is 4.67. The van der Waals surface area contributed by atoms with E-state index in [1.165, 1.54) is 12.1 Å². The molecule has 2 N–H and O–H groups in total. The van der Waals surface area contributed by atoms with Gasteiger partial charge in [-0.25, -0.2) is 8.78 Å². The average molecular weight is 259 g/mol. The maximum Gasteiger partial charge on any atom is 0.255 e. The van der Waals surface area contributed by atoms with E-state index in [9.17, 15) is 18.7 Å². The number of aliphatic hydroxyl groups is 1. The number of alkyl halides is 2. The van der Waals surface area contributed by atoms with Crippen LogP contribution in [0.25, 0.3) is 0 Å². The molecule has 0 aliphatic heterocycles. The van der Waals surface area contributed by atoms with Gasteiger partial charge in [0.2, 0.25) is 5.91 Å². The van der Waals surface area contributed by atoms with Crippen molar-refractivity contribution in [2.45, 2.75) is 12.8 Å². The monoisotopic (exact) mass is 259 g/mol.